The number of rotatable bonds is 1. The summed E-state index contributed by atoms with van der Waals surface area (Å²) >= 11 is 0. The highest BCUT2D eigenvalue weighted by atomic mass is 19.4. The lowest BCUT2D eigenvalue weighted by atomic mass is 10.1. The molecule has 6 heteroatoms. The van der Waals surface area contributed by atoms with Crippen LogP contribution in [-0.4, -0.2) is 14.8 Å². The molecule has 1 aromatic heterocycles. The van der Waals surface area contributed by atoms with Crippen LogP contribution in [0.3, 0.4) is 0 Å². The molecule has 0 fully saturated rings. The third kappa shape index (κ3) is 2.77. The third-order valence-corrected chi connectivity index (χ3v) is 2.72. The van der Waals surface area contributed by atoms with E-state index in [1.54, 1.807) is 10.6 Å². The van der Waals surface area contributed by atoms with Crippen molar-refractivity contribution in [3.8, 4) is 11.4 Å². The van der Waals surface area contributed by atoms with Gasteiger partial charge in [0.05, 0.1) is 5.56 Å². The molecule has 1 heterocycles. The van der Waals surface area contributed by atoms with E-state index in [0.29, 0.717) is 11.4 Å². The number of aromatic nitrogens is 3. The lowest BCUT2D eigenvalue weighted by Gasteiger charge is -2.22. The molecular formula is C13H14F3N3. The van der Waals surface area contributed by atoms with Crippen LogP contribution in [0.2, 0.25) is 0 Å². The van der Waals surface area contributed by atoms with Crippen molar-refractivity contribution in [2.24, 2.45) is 0 Å². The Hall–Kier alpha value is -1.85. The number of hydrogen-bond acceptors (Lipinski definition) is 2. The van der Waals surface area contributed by atoms with Crippen LogP contribution in [0, 0.1) is 0 Å². The van der Waals surface area contributed by atoms with E-state index in [0.717, 1.165) is 12.1 Å². The SMILES string of the molecule is CC(C)(C)n1cnnc1-c1cccc(C(F)(F)F)c1. The first-order valence-corrected chi connectivity index (χ1v) is 5.78. The van der Waals surface area contributed by atoms with Crippen LogP contribution in [0.25, 0.3) is 11.4 Å². The first-order valence-electron chi connectivity index (χ1n) is 5.78. The fourth-order valence-electron chi connectivity index (χ4n) is 1.76. The molecule has 0 spiro atoms. The summed E-state index contributed by atoms with van der Waals surface area (Å²) in [7, 11) is 0. The molecule has 1 aromatic carbocycles. The molecule has 0 amide bonds. The van der Waals surface area contributed by atoms with Crippen molar-refractivity contribution in [3.63, 3.8) is 0 Å². The van der Waals surface area contributed by atoms with E-state index in [-0.39, 0.29) is 5.54 Å². The van der Waals surface area contributed by atoms with Gasteiger partial charge >= 0.3 is 6.18 Å². The van der Waals surface area contributed by atoms with Gasteiger partial charge in [-0.05, 0) is 32.9 Å². The van der Waals surface area contributed by atoms with Crippen molar-refractivity contribution in [3.05, 3.63) is 36.2 Å². The highest BCUT2D eigenvalue weighted by molar-refractivity contribution is 5.56. The summed E-state index contributed by atoms with van der Waals surface area (Å²) in [5.41, 5.74) is -0.580. The molecule has 0 unspecified atom stereocenters. The van der Waals surface area contributed by atoms with Crippen LogP contribution in [0.1, 0.15) is 26.3 Å². The summed E-state index contributed by atoms with van der Waals surface area (Å²) in [6.07, 6.45) is -2.84. The minimum absolute atomic E-state index is 0.299. The molecule has 2 aromatic rings. The molecule has 0 radical (unpaired) electrons. The number of alkyl halides is 3. The summed E-state index contributed by atoms with van der Waals surface area (Å²) in [4.78, 5) is 0. The van der Waals surface area contributed by atoms with Crippen molar-refractivity contribution < 1.29 is 13.2 Å². The van der Waals surface area contributed by atoms with Gasteiger partial charge in [-0.15, -0.1) is 10.2 Å². The van der Waals surface area contributed by atoms with Crippen molar-refractivity contribution in [1.29, 1.82) is 0 Å². The van der Waals surface area contributed by atoms with Crippen molar-refractivity contribution >= 4 is 0 Å². The van der Waals surface area contributed by atoms with Crippen LogP contribution in [-0.2, 0) is 11.7 Å². The van der Waals surface area contributed by atoms with E-state index in [4.69, 9.17) is 0 Å². The molecule has 0 atom stereocenters. The Labute approximate surface area is 109 Å². The Bertz CT molecular complexity index is 579. The highest BCUT2D eigenvalue weighted by Crippen LogP contribution is 2.32. The number of benzene rings is 1. The van der Waals surface area contributed by atoms with Gasteiger partial charge in [0.15, 0.2) is 5.82 Å². The van der Waals surface area contributed by atoms with Crippen molar-refractivity contribution in [2.45, 2.75) is 32.5 Å². The molecule has 0 bridgehead atoms. The van der Waals surface area contributed by atoms with Gasteiger partial charge in [0.25, 0.3) is 0 Å². The second-order valence-electron chi connectivity index (χ2n) is 5.27. The second kappa shape index (κ2) is 4.36. The molecule has 0 saturated heterocycles. The molecule has 0 aliphatic heterocycles. The standard InChI is InChI=1S/C13H14F3N3/c1-12(2,3)19-8-17-18-11(19)9-5-4-6-10(7-9)13(14,15)16/h4-8H,1-3H3. The second-order valence-corrected chi connectivity index (χ2v) is 5.27. The van der Waals surface area contributed by atoms with Gasteiger partial charge in [0.2, 0.25) is 0 Å². The van der Waals surface area contributed by atoms with Gasteiger partial charge in [-0.25, -0.2) is 0 Å². The van der Waals surface area contributed by atoms with E-state index in [1.165, 1.54) is 12.4 Å². The number of halogens is 3. The summed E-state index contributed by atoms with van der Waals surface area (Å²) in [6, 6.07) is 5.11. The van der Waals surface area contributed by atoms with E-state index in [1.807, 2.05) is 20.8 Å². The number of nitrogens with zero attached hydrogens (tertiary/aromatic N) is 3. The fraction of sp³-hybridized carbons (Fsp3) is 0.385. The average molecular weight is 269 g/mol. The normalized spacial score (nSPS) is 12.7. The molecule has 19 heavy (non-hydrogen) atoms. The lowest BCUT2D eigenvalue weighted by molar-refractivity contribution is -0.137. The average Bonchev–Trinajstić information content (AvgIpc) is 2.76. The van der Waals surface area contributed by atoms with Crippen molar-refractivity contribution in [2.75, 3.05) is 0 Å². The molecular weight excluding hydrogens is 255 g/mol. The molecule has 0 aliphatic rings. The van der Waals surface area contributed by atoms with Gasteiger partial charge < -0.3 is 4.57 Å². The van der Waals surface area contributed by atoms with Crippen LogP contribution in [0.5, 0.6) is 0 Å². The van der Waals surface area contributed by atoms with E-state index < -0.39 is 11.7 Å². The largest absolute Gasteiger partial charge is 0.416 e. The predicted molar refractivity (Wildman–Crippen MR) is 65.5 cm³/mol. The maximum atomic E-state index is 12.7. The van der Waals surface area contributed by atoms with E-state index >= 15 is 0 Å². The minimum atomic E-state index is -4.36. The summed E-state index contributed by atoms with van der Waals surface area (Å²) in [6.45, 7) is 5.81. The van der Waals surface area contributed by atoms with Crippen LogP contribution in [0.15, 0.2) is 30.6 Å². The lowest BCUT2D eigenvalue weighted by Crippen LogP contribution is -2.22. The Balaban J connectivity index is 2.52. The van der Waals surface area contributed by atoms with E-state index in [2.05, 4.69) is 10.2 Å². The van der Waals surface area contributed by atoms with Crippen molar-refractivity contribution in [1.82, 2.24) is 14.8 Å². The first-order chi connectivity index (χ1) is 8.69. The van der Waals surface area contributed by atoms with Gasteiger partial charge in [0.1, 0.15) is 6.33 Å². The zero-order chi connectivity index (χ0) is 14.3. The molecule has 0 aliphatic carbocycles. The van der Waals surface area contributed by atoms with Crippen LogP contribution >= 0.6 is 0 Å². The Morgan fingerprint density at radius 3 is 2.37 bits per heavy atom. The van der Waals surface area contributed by atoms with Gasteiger partial charge in [-0.3, -0.25) is 0 Å². The topological polar surface area (TPSA) is 30.7 Å². The predicted octanol–water partition coefficient (Wildman–Crippen LogP) is 3.72. The Morgan fingerprint density at radius 1 is 1.11 bits per heavy atom. The van der Waals surface area contributed by atoms with E-state index in [9.17, 15) is 13.2 Å². The zero-order valence-electron chi connectivity index (χ0n) is 10.9. The monoisotopic (exact) mass is 269 g/mol. The fourth-order valence-corrected chi connectivity index (χ4v) is 1.76. The van der Waals surface area contributed by atoms with Gasteiger partial charge in [-0.1, -0.05) is 12.1 Å². The summed E-state index contributed by atoms with van der Waals surface area (Å²) in [5.74, 6) is 0.429. The summed E-state index contributed by atoms with van der Waals surface area (Å²) in [5, 5.41) is 7.71. The molecule has 0 N–H and O–H groups in total. The maximum Gasteiger partial charge on any atom is 0.416 e. The Kier molecular flexibility index (Phi) is 3.12. The molecule has 3 nitrogen and oxygen atoms in total. The smallest absolute Gasteiger partial charge is 0.308 e. The molecule has 2 rings (SSSR count). The van der Waals surface area contributed by atoms with Gasteiger partial charge in [-0.2, -0.15) is 13.2 Å². The van der Waals surface area contributed by atoms with Crippen LogP contribution in [0.4, 0.5) is 13.2 Å². The van der Waals surface area contributed by atoms with Crippen LogP contribution < -0.4 is 0 Å². The summed E-state index contributed by atoms with van der Waals surface area (Å²) < 4.78 is 39.9. The maximum absolute atomic E-state index is 12.7. The quantitative estimate of drug-likeness (QED) is 0.790. The zero-order valence-corrected chi connectivity index (χ0v) is 10.9. The first kappa shape index (κ1) is 13.6. The third-order valence-electron chi connectivity index (χ3n) is 2.72. The van der Waals surface area contributed by atoms with Gasteiger partial charge in [0, 0.05) is 11.1 Å². The Morgan fingerprint density at radius 2 is 1.79 bits per heavy atom. The highest BCUT2D eigenvalue weighted by Gasteiger charge is 2.31. The molecule has 0 saturated carbocycles. The number of hydrogen-bond donors (Lipinski definition) is 0. The molecule has 102 valence electrons. The minimum Gasteiger partial charge on any atom is -0.308 e.